The number of anilines is 1. The Balaban J connectivity index is 0.000000858. The molecule has 0 radical (unpaired) electrons. The van der Waals surface area contributed by atoms with Gasteiger partial charge in [0.25, 0.3) is 12.4 Å². The van der Waals surface area contributed by atoms with Crippen LogP contribution in [0.1, 0.15) is 27.2 Å². The van der Waals surface area contributed by atoms with Gasteiger partial charge in [-0.05, 0) is 29.8 Å². The molecule has 2 aromatic heterocycles. The van der Waals surface area contributed by atoms with E-state index in [2.05, 4.69) is 16.0 Å². The molecule has 31 heavy (non-hydrogen) atoms. The van der Waals surface area contributed by atoms with Crippen LogP contribution in [0.3, 0.4) is 0 Å². The Kier molecular flexibility index (Phi) is 6.80. The Bertz CT molecular complexity index is 1140. The number of nitrogens with zero attached hydrogens (tertiary/aromatic N) is 4. The Hall–Kier alpha value is -3.96. The summed E-state index contributed by atoms with van der Waals surface area (Å²) in [6.07, 6.45) is 3.75. The lowest BCUT2D eigenvalue weighted by Crippen LogP contribution is -2.37. The highest BCUT2D eigenvalue weighted by Crippen LogP contribution is 2.35. The molecule has 0 saturated heterocycles. The van der Waals surface area contributed by atoms with Gasteiger partial charge in [-0.3, -0.25) is 14.6 Å². The number of fused-ring (bicyclic) bond motifs is 1. The fourth-order valence-corrected chi connectivity index (χ4v) is 3.60. The van der Waals surface area contributed by atoms with Crippen LogP contribution in [0.25, 0.3) is 11.1 Å². The van der Waals surface area contributed by atoms with Gasteiger partial charge in [0.1, 0.15) is 17.5 Å². The van der Waals surface area contributed by atoms with Crippen LogP contribution in [-0.2, 0) is 17.8 Å². The number of nitrogens with two attached hydrogens (primary N) is 1. The summed E-state index contributed by atoms with van der Waals surface area (Å²) >= 11 is 6.02. The zero-order valence-electron chi connectivity index (χ0n) is 16.3. The minimum atomic E-state index is -0.250. The molecule has 0 fully saturated rings. The number of carboxylic acid groups (broad SMARTS) is 1. The van der Waals surface area contributed by atoms with Crippen molar-refractivity contribution in [3.05, 3.63) is 76.2 Å². The van der Waals surface area contributed by atoms with Crippen molar-refractivity contribution in [2.45, 2.75) is 13.0 Å². The summed E-state index contributed by atoms with van der Waals surface area (Å²) in [4.78, 5) is 31.4. The molecule has 0 aliphatic carbocycles. The van der Waals surface area contributed by atoms with Crippen LogP contribution in [0.4, 0.5) is 5.82 Å². The first-order chi connectivity index (χ1) is 15.0. The van der Waals surface area contributed by atoms with Crippen molar-refractivity contribution in [3.8, 4) is 17.2 Å². The average Bonchev–Trinajstić information content (AvgIpc) is 2.79. The number of nitriles is 1. The molecular weight excluding hydrogens is 418 g/mol. The monoisotopic (exact) mass is 435 g/mol. The van der Waals surface area contributed by atoms with Crippen molar-refractivity contribution >= 4 is 29.8 Å². The first-order valence-corrected chi connectivity index (χ1v) is 9.62. The first-order valence-electron chi connectivity index (χ1n) is 9.24. The van der Waals surface area contributed by atoms with Crippen LogP contribution in [0.15, 0.2) is 48.8 Å². The van der Waals surface area contributed by atoms with Crippen LogP contribution in [-0.4, -0.2) is 38.9 Å². The normalized spacial score (nSPS) is 12.1. The van der Waals surface area contributed by atoms with E-state index in [0.717, 1.165) is 16.8 Å². The number of aromatic nitrogens is 2. The Morgan fingerprint density at radius 1 is 1.29 bits per heavy atom. The molecule has 0 bridgehead atoms. The number of pyridine rings is 2. The number of rotatable bonds is 2. The third kappa shape index (κ3) is 4.63. The molecule has 1 aliphatic rings. The Morgan fingerprint density at radius 2 is 2.00 bits per heavy atom. The third-order valence-electron chi connectivity index (χ3n) is 4.82. The Labute approximate surface area is 183 Å². The van der Waals surface area contributed by atoms with Gasteiger partial charge in [-0.1, -0.05) is 23.7 Å². The van der Waals surface area contributed by atoms with E-state index >= 15 is 0 Å². The number of carbonyl (C=O) groups excluding carboxylic acids is 1. The lowest BCUT2D eigenvalue weighted by atomic mass is 9.91. The molecule has 9 heteroatoms. The van der Waals surface area contributed by atoms with E-state index in [-0.39, 0.29) is 18.2 Å². The van der Waals surface area contributed by atoms with Crippen molar-refractivity contribution < 1.29 is 14.7 Å². The summed E-state index contributed by atoms with van der Waals surface area (Å²) in [5.74, 6) is 0.106. The molecule has 1 amide bonds. The van der Waals surface area contributed by atoms with Crippen LogP contribution in [0, 0.1) is 11.3 Å². The Morgan fingerprint density at radius 3 is 2.61 bits per heavy atom. The number of hydrogen-bond donors (Lipinski definition) is 2. The highest BCUT2D eigenvalue weighted by atomic mass is 35.5. The first kappa shape index (κ1) is 21.7. The molecule has 3 heterocycles. The quantitative estimate of drug-likeness (QED) is 0.590. The van der Waals surface area contributed by atoms with Crippen LogP contribution >= 0.6 is 11.6 Å². The molecule has 3 N–H and O–H groups in total. The number of benzene rings is 1. The molecule has 1 aliphatic heterocycles. The van der Waals surface area contributed by atoms with Crippen molar-refractivity contribution in [2.75, 3.05) is 12.3 Å². The highest BCUT2D eigenvalue weighted by molar-refractivity contribution is 6.30. The summed E-state index contributed by atoms with van der Waals surface area (Å²) in [5, 5.41) is 17.2. The van der Waals surface area contributed by atoms with Crippen molar-refractivity contribution in [1.29, 1.82) is 5.26 Å². The van der Waals surface area contributed by atoms with Crippen LogP contribution in [0.2, 0.25) is 5.02 Å². The van der Waals surface area contributed by atoms with Gasteiger partial charge < -0.3 is 15.7 Å². The van der Waals surface area contributed by atoms with Gasteiger partial charge in [-0.15, -0.1) is 0 Å². The van der Waals surface area contributed by atoms with E-state index < -0.39 is 0 Å². The highest BCUT2D eigenvalue weighted by Gasteiger charge is 2.28. The van der Waals surface area contributed by atoms with Gasteiger partial charge >= 0.3 is 0 Å². The number of carbonyl (C=O) groups is 2. The zero-order chi connectivity index (χ0) is 22.4. The van der Waals surface area contributed by atoms with Crippen molar-refractivity contribution in [2.24, 2.45) is 0 Å². The number of halogens is 1. The smallest absolute Gasteiger partial charge is 0.290 e. The number of hydrogen-bond acceptors (Lipinski definition) is 6. The maximum atomic E-state index is 12.9. The largest absolute Gasteiger partial charge is 0.483 e. The van der Waals surface area contributed by atoms with Gasteiger partial charge in [0.05, 0.1) is 11.3 Å². The SMILES string of the molecule is N#Cc1c(N)nc2c(c1-c1ccc(Cl)cc1)CN(C(=O)c1cccnc1)CC2.O=CO. The molecule has 156 valence electrons. The van der Waals surface area contributed by atoms with Crippen LogP contribution < -0.4 is 5.73 Å². The predicted molar refractivity (Wildman–Crippen MR) is 115 cm³/mol. The fraction of sp³-hybridized carbons (Fsp3) is 0.136. The van der Waals surface area contributed by atoms with Gasteiger partial charge in [-0.2, -0.15) is 5.26 Å². The van der Waals surface area contributed by atoms with E-state index in [1.54, 1.807) is 41.6 Å². The lowest BCUT2D eigenvalue weighted by Gasteiger charge is -2.30. The molecule has 8 nitrogen and oxygen atoms in total. The number of nitrogen functional groups attached to an aromatic ring is 1. The molecule has 0 atom stereocenters. The molecule has 1 aromatic carbocycles. The summed E-state index contributed by atoms with van der Waals surface area (Å²) in [7, 11) is 0. The summed E-state index contributed by atoms with van der Waals surface area (Å²) < 4.78 is 0. The molecule has 4 rings (SSSR count). The average molecular weight is 436 g/mol. The van der Waals surface area contributed by atoms with Crippen molar-refractivity contribution in [3.63, 3.8) is 0 Å². The molecule has 3 aromatic rings. The van der Waals surface area contributed by atoms with E-state index in [9.17, 15) is 10.1 Å². The lowest BCUT2D eigenvalue weighted by molar-refractivity contribution is -0.122. The second-order valence-electron chi connectivity index (χ2n) is 6.61. The maximum absolute atomic E-state index is 12.9. The summed E-state index contributed by atoms with van der Waals surface area (Å²) in [5.41, 5.74) is 10.1. The van der Waals surface area contributed by atoms with Gasteiger partial charge in [0, 0.05) is 48.1 Å². The molecule has 0 saturated carbocycles. The summed E-state index contributed by atoms with van der Waals surface area (Å²) in [6.45, 7) is 0.627. The maximum Gasteiger partial charge on any atom is 0.290 e. The van der Waals surface area contributed by atoms with Gasteiger partial charge in [0.2, 0.25) is 0 Å². The van der Waals surface area contributed by atoms with E-state index in [1.807, 2.05) is 12.1 Å². The van der Waals surface area contributed by atoms with Crippen molar-refractivity contribution in [1.82, 2.24) is 14.9 Å². The second-order valence-corrected chi connectivity index (χ2v) is 7.05. The zero-order valence-corrected chi connectivity index (χ0v) is 17.1. The number of amides is 1. The molecule has 0 spiro atoms. The van der Waals surface area contributed by atoms with Crippen LogP contribution in [0.5, 0.6) is 0 Å². The van der Waals surface area contributed by atoms with E-state index in [4.69, 9.17) is 27.2 Å². The predicted octanol–water partition coefficient (Wildman–Crippen LogP) is 3.15. The fourth-order valence-electron chi connectivity index (χ4n) is 3.47. The molecular formula is C22H18ClN5O3. The third-order valence-corrected chi connectivity index (χ3v) is 5.07. The van der Waals surface area contributed by atoms with E-state index in [1.165, 1.54) is 0 Å². The second kappa shape index (κ2) is 9.69. The van der Waals surface area contributed by atoms with Gasteiger partial charge in [0.15, 0.2) is 0 Å². The standard InChI is InChI=1S/C21H16ClN5O.CH2O2/c22-15-5-3-13(4-6-15)19-16(10-23)20(24)26-18-7-9-27(12-17(18)19)21(28)14-2-1-8-25-11-14;2-1-3/h1-6,8,11H,7,9,12H2,(H2,24,26);1H,(H,2,3). The summed E-state index contributed by atoms with van der Waals surface area (Å²) in [6, 6.07) is 12.9. The minimum Gasteiger partial charge on any atom is -0.483 e. The minimum absolute atomic E-state index is 0.101. The van der Waals surface area contributed by atoms with Gasteiger partial charge in [-0.25, -0.2) is 4.98 Å². The van der Waals surface area contributed by atoms with E-state index in [0.29, 0.717) is 41.2 Å². The molecule has 0 unspecified atom stereocenters. The topological polar surface area (TPSA) is 133 Å².